The van der Waals surface area contributed by atoms with Gasteiger partial charge < -0.3 is 10.2 Å². The van der Waals surface area contributed by atoms with Crippen molar-refractivity contribution in [3.05, 3.63) is 54.0 Å². The molecule has 3 atom stereocenters. The summed E-state index contributed by atoms with van der Waals surface area (Å²) in [5.74, 6) is 1.55. The van der Waals surface area contributed by atoms with Crippen molar-refractivity contribution in [2.24, 2.45) is 11.8 Å². The summed E-state index contributed by atoms with van der Waals surface area (Å²) in [6.07, 6.45) is 4.13. The molecule has 1 saturated heterocycles. The molecule has 2 aromatic rings. The third-order valence-electron chi connectivity index (χ3n) is 5.36. The van der Waals surface area contributed by atoms with Gasteiger partial charge in [0.2, 0.25) is 5.91 Å². The van der Waals surface area contributed by atoms with Crippen molar-refractivity contribution >= 4 is 11.7 Å². The van der Waals surface area contributed by atoms with Crippen molar-refractivity contribution in [3.8, 4) is 0 Å². The number of carbonyl (C=O) groups excluding carboxylic acids is 1. The van der Waals surface area contributed by atoms with Crippen LogP contribution in [0.1, 0.15) is 18.4 Å². The topological polar surface area (TPSA) is 58.1 Å². The van der Waals surface area contributed by atoms with Crippen LogP contribution in [0.25, 0.3) is 0 Å². The number of aromatic nitrogens is 2. The van der Waals surface area contributed by atoms with E-state index in [1.165, 1.54) is 12.1 Å². The molecule has 2 aliphatic rings. The SMILES string of the molecule is O=C(Cc1cccc(F)c1)N1C[C@H]2CC[C@@H](Nc3cccnn3)[C@H]2C1. The Balaban J connectivity index is 1.38. The van der Waals surface area contributed by atoms with Crippen LogP contribution in [0.4, 0.5) is 10.2 Å². The van der Waals surface area contributed by atoms with E-state index in [9.17, 15) is 9.18 Å². The average Bonchev–Trinajstić information content (AvgIpc) is 3.18. The normalized spacial score (nSPS) is 25.0. The second-order valence-electron chi connectivity index (χ2n) is 6.97. The van der Waals surface area contributed by atoms with Crippen molar-refractivity contribution in [2.75, 3.05) is 18.4 Å². The van der Waals surface area contributed by atoms with Crippen LogP contribution in [-0.4, -0.2) is 40.1 Å². The number of hydrogen-bond acceptors (Lipinski definition) is 4. The van der Waals surface area contributed by atoms with Gasteiger partial charge in [-0.15, -0.1) is 5.10 Å². The van der Waals surface area contributed by atoms with Crippen LogP contribution in [-0.2, 0) is 11.2 Å². The Morgan fingerprint density at radius 2 is 2.16 bits per heavy atom. The van der Waals surface area contributed by atoms with E-state index in [2.05, 4.69) is 15.5 Å². The molecule has 4 rings (SSSR count). The number of nitrogens with zero attached hydrogens (tertiary/aromatic N) is 3. The average molecular weight is 340 g/mol. The van der Waals surface area contributed by atoms with Gasteiger partial charge in [0.05, 0.1) is 6.42 Å². The number of nitrogens with one attached hydrogen (secondary N) is 1. The molecular weight excluding hydrogens is 319 g/mol. The quantitative estimate of drug-likeness (QED) is 0.929. The molecule has 5 nitrogen and oxygen atoms in total. The Hall–Kier alpha value is -2.50. The zero-order chi connectivity index (χ0) is 17.2. The Morgan fingerprint density at radius 3 is 2.96 bits per heavy atom. The lowest BCUT2D eigenvalue weighted by Crippen LogP contribution is -2.34. The van der Waals surface area contributed by atoms with Gasteiger partial charge in [0, 0.05) is 31.2 Å². The number of carbonyl (C=O) groups is 1. The zero-order valence-corrected chi connectivity index (χ0v) is 13.9. The standard InChI is InChI=1S/C19H21FN4O/c20-15-4-1-3-13(9-15)10-19(25)24-11-14-6-7-17(16(14)12-24)22-18-5-2-8-21-23-18/h1-5,8-9,14,16-17H,6-7,10-12H2,(H,22,23)/t14-,16+,17-/m1/s1. The molecule has 130 valence electrons. The van der Waals surface area contributed by atoms with E-state index >= 15 is 0 Å². The van der Waals surface area contributed by atoms with Gasteiger partial charge in [0.1, 0.15) is 11.6 Å². The Labute approximate surface area is 146 Å². The number of likely N-dealkylation sites (tertiary alicyclic amines) is 1. The molecule has 1 aromatic heterocycles. The van der Waals surface area contributed by atoms with E-state index in [4.69, 9.17) is 0 Å². The summed E-state index contributed by atoms with van der Waals surface area (Å²) in [6, 6.07) is 10.4. The van der Waals surface area contributed by atoms with E-state index in [-0.39, 0.29) is 18.1 Å². The fourth-order valence-corrected chi connectivity index (χ4v) is 4.15. The molecule has 6 heteroatoms. The summed E-state index contributed by atoms with van der Waals surface area (Å²) in [4.78, 5) is 14.5. The zero-order valence-electron chi connectivity index (χ0n) is 13.9. The van der Waals surface area contributed by atoms with Crippen molar-refractivity contribution in [1.82, 2.24) is 15.1 Å². The molecule has 2 fully saturated rings. The first-order valence-corrected chi connectivity index (χ1v) is 8.75. The molecular formula is C19H21FN4O. The molecule has 0 spiro atoms. The summed E-state index contributed by atoms with van der Waals surface area (Å²) < 4.78 is 13.3. The molecule has 25 heavy (non-hydrogen) atoms. The van der Waals surface area contributed by atoms with E-state index in [1.807, 2.05) is 17.0 Å². The minimum atomic E-state index is -0.295. The molecule has 1 aliphatic heterocycles. The summed E-state index contributed by atoms with van der Waals surface area (Å²) >= 11 is 0. The smallest absolute Gasteiger partial charge is 0.227 e. The van der Waals surface area contributed by atoms with Crippen LogP contribution >= 0.6 is 0 Å². The highest BCUT2D eigenvalue weighted by atomic mass is 19.1. The number of anilines is 1. The molecule has 1 aromatic carbocycles. The van der Waals surface area contributed by atoms with Crippen LogP contribution in [0.2, 0.25) is 0 Å². The molecule has 0 radical (unpaired) electrons. The van der Waals surface area contributed by atoms with Crippen molar-refractivity contribution in [1.29, 1.82) is 0 Å². The van der Waals surface area contributed by atoms with Crippen LogP contribution in [0.5, 0.6) is 0 Å². The molecule has 1 aliphatic carbocycles. The summed E-state index contributed by atoms with van der Waals surface area (Å²) in [6.45, 7) is 1.56. The van der Waals surface area contributed by atoms with E-state index in [0.717, 1.165) is 37.3 Å². The first-order chi connectivity index (χ1) is 12.2. The van der Waals surface area contributed by atoms with Gasteiger partial charge in [-0.05, 0) is 48.6 Å². The van der Waals surface area contributed by atoms with Gasteiger partial charge in [0.25, 0.3) is 0 Å². The van der Waals surface area contributed by atoms with Crippen LogP contribution < -0.4 is 5.32 Å². The Kier molecular flexibility index (Phi) is 4.34. The van der Waals surface area contributed by atoms with Crippen molar-refractivity contribution < 1.29 is 9.18 Å². The minimum Gasteiger partial charge on any atom is -0.365 e. The second-order valence-corrected chi connectivity index (χ2v) is 6.97. The summed E-state index contributed by atoms with van der Waals surface area (Å²) in [5, 5.41) is 11.5. The maximum absolute atomic E-state index is 13.3. The van der Waals surface area contributed by atoms with Gasteiger partial charge in [-0.2, -0.15) is 5.10 Å². The number of hydrogen-bond donors (Lipinski definition) is 1. The molecule has 0 unspecified atom stereocenters. The van der Waals surface area contributed by atoms with E-state index in [1.54, 1.807) is 18.3 Å². The number of benzene rings is 1. The maximum Gasteiger partial charge on any atom is 0.227 e. The van der Waals surface area contributed by atoms with Crippen molar-refractivity contribution in [2.45, 2.75) is 25.3 Å². The van der Waals surface area contributed by atoms with Crippen LogP contribution in [0, 0.1) is 17.7 Å². The lowest BCUT2D eigenvalue weighted by atomic mass is 9.98. The van der Waals surface area contributed by atoms with Gasteiger partial charge in [-0.1, -0.05) is 12.1 Å². The molecule has 1 saturated carbocycles. The monoisotopic (exact) mass is 340 g/mol. The molecule has 1 N–H and O–H groups in total. The lowest BCUT2D eigenvalue weighted by Gasteiger charge is -2.22. The summed E-state index contributed by atoms with van der Waals surface area (Å²) in [7, 11) is 0. The third-order valence-corrected chi connectivity index (χ3v) is 5.36. The first kappa shape index (κ1) is 16.0. The second kappa shape index (κ2) is 6.78. The van der Waals surface area contributed by atoms with Gasteiger partial charge in [0.15, 0.2) is 0 Å². The molecule has 1 amide bonds. The Bertz CT molecular complexity index is 754. The number of halogens is 1. The minimum absolute atomic E-state index is 0.0817. The maximum atomic E-state index is 13.3. The molecule has 2 heterocycles. The van der Waals surface area contributed by atoms with E-state index < -0.39 is 0 Å². The summed E-state index contributed by atoms with van der Waals surface area (Å²) in [5.41, 5.74) is 0.733. The van der Waals surface area contributed by atoms with E-state index in [0.29, 0.717) is 17.9 Å². The molecule has 0 bridgehead atoms. The fraction of sp³-hybridized carbons (Fsp3) is 0.421. The highest BCUT2D eigenvalue weighted by molar-refractivity contribution is 5.79. The largest absolute Gasteiger partial charge is 0.365 e. The van der Waals surface area contributed by atoms with Crippen LogP contribution in [0.3, 0.4) is 0 Å². The van der Waals surface area contributed by atoms with Gasteiger partial charge in [-0.25, -0.2) is 4.39 Å². The predicted octanol–water partition coefficient (Wildman–Crippen LogP) is 2.51. The highest BCUT2D eigenvalue weighted by Crippen LogP contribution is 2.39. The number of rotatable bonds is 4. The number of amides is 1. The first-order valence-electron chi connectivity index (χ1n) is 8.75. The van der Waals surface area contributed by atoms with Gasteiger partial charge in [-0.3, -0.25) is 4.79 Å². The number of fused-ring (bicyclic) bond motifs is 1. The third kappa shape index (κ3) is 3.48. The van der Waals surface area contributed by atoms with Gasteiger partial charge >= 0.3 is 0 Å². The van der Waals surface area contributed by atoms with Crippen LogP contribution in [0.15, 0.2) is 42.6 Å². The van der Waals surface area contributed by atoms with Crippen molar-refractivity contribution in [3.63, 3.8) is 0 Å². The Morgan fingerprint density at radius 1 is 1.24 bits per heavy atom. The predicted molar refractivity (Wildman–Crippen MR) is 92.3 cm³/mol. The highest BCUT2D eigenvalue weighted by Gasteiger charge is 2.43. The fourth-order valence-electron chi connectivity index (χ4n) is 4.15. The lowest BCUT2D eigenvalue weighted by molar-refractivity contribution is -0.129.